The van der Waals surface area contributed by atoms with Crippen LogP contribution in [0.2, 0.25) is 0 Å². The number of hydrogen-bond acceptors (Lipinski definition) is 4. The third-order valence-corrected chi connectivity index (χ3v) is 0.447. The van der Waals surface area contributed by atoms with Crippen molar-refractivity contribution in [2.75, 3.05) is 6.61 Å². The molecule has 0 rings (SSSR count). The molecule has 0 aliphatic carbocycles. The molecule has 0 saturated heterocycles. The standard InChI is InChI=1S/C3H7NO3.Na.H/c4-7-3(6)1-2-5;;/h5H,1-2,4H2;;. The van der Waals surface area contributed by atoms with Gasteiger partial charge in [0.25, 0.3) is 0 Å². The van der Waals surface area contributed by atoms with Crippen molar-refractivity contribution >= 4 is 35.5 Å². The second kappa shape index (κ2) is 7.39. The molecule has 0 heterocycles. The van der Waals surface area contributed by atoms with Gasteiger partial charge in [0.1, 0.15) is 0 Å². The van der Waals surface area contributed by atoms with E-state index in [9.17, 15) is 4.79 Å². The van der Waals surface area contributed by atoms with E-state index in [-0.39, 0.29) is 42.6 Å². The predicted molar refractivity (Wildman–Crippen MR) is 29.1 cm³/mol. The Balaban J connectivity index is 0. The van der Waals surface area contributed by atoms with Gasteiger partial charge in [-0.1, -0.05) is 0 Å². The van der Waals surface area contributed by atoms with E-state index in [1.165, 1.54) is 0 Å². The molecule has 0 aromatic carbocycles. The van der Waals surface area contributed by atoms with Crippen LogP contribution in [0.4, 0.5) is 0 Å². The fourth-order valence-corrected chi connectivity index (χ4v) is 0.150. The van der Waals surface area contributed by atoms with Gasteiger partial charge in [0.15, 0.2) is 0 Å². The molecule has 3 N–H and O–H groups in total. The molecule has 8 heavy (non-hydrogen) atoms. The number of nitrogens with two attached hydrogens (primary N) is 1. The van der Waals surface area contributed by atoms with E-state index < -0.39 is 5.97 Å². The number of rotatable bonds is 2. The summed E-state index contributed by atoms with van der Waals surface area (Å²) in [4.78, 5) is 13.6. The van der Waals surface area contributed by atoms with Crippen molar-refractivity contribution in [3.05, 3.63) is 0 Å². The first-order valence-corrected chi connectivity index (χ1v) is 1.81. The van der Waals surface area contributed by atoms with Gasteiger partial charge in [0, 0.05) is 0 Å². The van der Waals surface area contributed by atoms with Crippen LogP contribution < -0.4 is 5.90 Å². The van der Waals surface area contributed by atoms with Crippen molar-refractivity contribution in [3.8, 4) is 0 Å². The molecule has 0 amide bonds. The van der Waals surface area contributed by atoms with Crippen LogP contribution in [0.1, 0.15) is 6.42 Å². The summed E-state index contributed by atoms with van der Waals surface area (Å²) in [6.45, 7) is -0.212. The molecule has 0 aliphatic heterocycles. The topological polar surface area (TPSA) is 72.5 Å². The summed E-state index contributed by atoms with van der Waals surface area (Å²) in [6, 6.07) is 0. The molecular weight excluding hydrogens is 121 g/mol. The van der Waals surface area contributed by atoms with Crippen LogP contribution in [0, 0.1) is 0 Å². The van der Waals surface area contributed by atoms with Crippen LogP contribution >= 0.6 is 0 Å². The average molecular weight is 129 g/mol. The zero-order valence-electron chi connectivity index (χ0n) is 3.76. The zero-order chi connectivity index (χ0) is 5.70. The summed E-state index contributed by atoms with van der Waals surface area (Å²) < 4.78 is 0. The minimum atomic E-state index is -0.595. The second-order valence-corrected chi connectivity index (χ2v) is 0.963. The summed E-state index contributed by atoms with van der Waals surface area (Å²) in [5.41, 5.74) is 0. The number of carbonyl (C=O) groups excluding carboxylic acids is 1. The van der Waals surface area contributed by atoms with E-state index >= 15 is 0 Å². The van der Waals surface area contributed by atoms with E-state index in [2.05, 4.69) is 10.7 Å². The third kappa shape index (κ3) is 6.39. The molecular formula is C3H8NNaO3. The summed E-state index contributed by atoms with van der Waals surface area (Å²) in [5.74, 6) is 3.80. The second-order valence-electron chi connectivity index (χ2n) is 0.963. The first kappa shape index (κ1) is 11.2. The van der Waals surface area contributed by atoms with Crippen molar-refractivity contribution in [1.29, 1.82) is 0 Å². The van der Waals surface area contributed by atoms with Gasteiger partial charge in [-0.3, -0.25) is 4.79 Å². The summed E-state index contributed by atoms with van der Waals surface area (Å²) >= 11 is 0. The van der Waals surface area contributed by atoms with Crippen LogP contribution in [-0.2, 0) is 9.63 Å². The monoisotopic (exact) mass is 129 g/mol. The Morgan fingerprint density at radius 3 is 2.38 bits per heavy atom. The first-order valence-electron chi connectivity index (χ1n) is 1.81. The Morgan fingerprint density at radius 1 is 1.75 bits per heavy atom. The maximum absolute atomic E-state index is 9.90. The molecule has 0 spiro atoms. The van der Waals surface area contributed by atoms with Crippen LogP contribution in [0.25, 0.3) is 0 Å². The van der Waals surface area contributed by atoms with E-state index in [0.717, 1.165) is 0 Å². The van der Waals surface area contributed by atoms with Gasteiger partial charge in [0.05, 0.1) is 13.0 Å². The molecule has 0 bridgehead atoms. The van der Waals surface area contributed by atoms with Crippen molar-refractivity contribution in [1.82, 2.24) is 0 Å². The van der Waals surface area contributed by atoms with Crippen molar-refractivity contribution < 1.29 is 14.7 Å². The van der Waals surface area contributed by atoms with Gasteiger partial charge < -0.3 is 9.94 Å². The van der Waals surface area contributed by atoms with E-state index in [4.69, 9.17) is 5.11 Å². The number of aliphatic hydroxyl groups excluding tert-OH is 1. The Hall–Kier alpha value is 0.390. The first-order chi connectivity index (χ1) is 3.31. The minimum absolute atomic E-state index is 0. The Morgan fingerprint density at radius 2 is 2.25 bits per heavy atom. The Kier molecular flexibility index (Phi) is 10.4. The summed E-state index contributed by atoms with van der Waals surface area (Å²) in [7, 11) is 0. The van der Waals surface area contributed by atoms with Crippen molar-refractivity contribution in [3.63, 3.8) is 0 Å². The van der Waals surface area contributed by atoms with Crippen LogP contribution in [-0.4, -0.2) is 47.2 Å². The van der Waals surface area contributed by atoms with Gasteiger partial charge in [-0.2, -0.15) is 5.90 Å². The van der Waals surface area contributed by atoms with Crippen LogP contribution in [0.5, 0.6) is 0 Å². The molecule has 0 aliphatic rings. The fourth-order valence-electron chi connectivity index (χ4n) is 0.150. The molecule has 0 fully saturated rings. The predicted octanol–water partition coefficient (Wildman–Crippen LogP) is -1.86. The molecule has 0 aromatic heterocycles. The molecule has 0 unspecified atom stereocenters. The van der Waals surface area contributed by atoms with Gasteiger partial charge in [0.2, 0.25) is 0 Å². The van der Waals surface area contributed by atoms with Crippen molar-refractivity contribution in [2.45, 2.75) is 6.42 Å². The van der Waals surface area contributed by atoms with Crippen LogP contribution in [0.3, 0.4) is 0 Å². The van der Waals surface area contributed by atoms with Gasteiger partial charge in [-0.05, 0) is 0 Å². The molecule has 0 radical (unpaired) electrons. The van der Waals surface area contributed by atoms with Gasteiger partial charge in [-0.15, -0.1) is 0 Å². The quantitative estimate of drug-likeness (QED) is 0.338. The van der Waals surface area contributed by atoms with Crippen LogP contribution in [0.15, 0.2) is 0 Å². The third-order valence-electron chi connectivity index (χ3n) is 0.447. The molecule has 0 saturated carbocycles. The number of aliphatic hydroxyl groups is 1. The van der Waals surface area contributed by atoms with Gasteiger partial charge >= 0.3 is 35.5 Å². The molecule has 44 valence electrons. The zero-order valence-corrected chi connectivity index (χ0v) is 3.76. The summed E-state index contributed by atoms with van der Waals surface area (Å²) in [5, 5.41) is 8.01. The number of hydrogen-bond donors (Lipinski definition) is 2. The van der Waals surface area contributed by atoms with E-state index in [1.54, 1.807) is 0 Å². The SMILES string of the molecule is NOC(=O)CCO.[NaH]. The fraction of sp³-hybridized carbons (Fsp3) is 0.667. The Labute approximate surface area is 69.2 Å². The van der Waals surface area contributed by atoms with Gasteiger partial charge in [-0.25, -0.2) is 0 Å². The molecule has 4 nitrogen and oxygen atoms in total. The molecule has 0 aromatic rings. The summed E-state index contributed by atoms with van der Waals surface area (Å²) in [6.07, 6.45) is -0.0312. The number of carbonyl (C=O) groups is 1. The molecule has 0 atom stereocenters. The normalized spacial score (nSPS) is 7.25. The average Bonchev–Trinajstić information content (AvgIpc) is 1.68. The maximum atomic E-state index is 9.90. The van der Waals surface area contributed by atoms with E-state index in [0.29, 0.717) is 0 Å². The van der Waals surface area contributed by atoms with E-state index in [1.807, 2.05) is 0 Å². The Bertz CT molecular complexity index is 67.5. The van der Waals surface area contributed by atoms with Crippen molar-refractivity contribution in [2.24, 2.45) is 5.90 Å². The molecule has 5 heteroatoms.